The molecule has 0 radical (unpaired) electrons. The minimum absolute atomic E-state index is 0.162. The fourth-order valence-electron chi connectivity index (χ4n) is 1.06. The van der Waals surface area contributed by atoms with Gasteiger partial charge in [0.25, 0.3) is 10.0 Å². The topological polar surface area (TPSA) is 121 Å². The molecule has 0 bridgehead atoms. The van der Waals surface area contributed by atoms with Crippen molar-refractivity contribution in [3.63, 3.8) is 0 Å². The van der Waals surface area contributed by atoms with Crippen LogP contribution in [0.1, 0.15) is 6.42 Å². The van der Waals surface area contributed by atoms with Crippen LogP contribution in [0.2, 0.25) is 5.02 Å². The van der Waals surface area contributed by atoms with Gasteiger partial charge < -0.3 is 10.2 Å². The SMILES string of the molecule is O=C(O)CC(NS(=O)(=O)c1cc(Cl)c(Br)s1)C(=O)O. The zero-order valence-corrected chi connectivity index (χ0v) is 12.9. The molecule has 1 aromatic heterocycles. The van der Waals surface area contributed by atoms with Crippen molar-refractivity contribution in [3.05, 3.63) is 14.9 Å². The molecule has 1 aromatic rings. The predicted octanol–water partition coefficient (Wildman–Crippen LogP) is 1.37. The number of halogens is 2. The van der Waals surface area contributed by atoms with Gasteiger partial charge in [0.05, 0.1) is 15.2 Å². The maximum absolute atomic E-state index is 11.9. The van der Waals surface area contributed by atoms with E-state index in [4.69, 9.17) is 21.8 Å². The van der Waals surface area contributed by atoms with Crippen LogP contribution in [0.4, 0.5) is 0 Å². The summed E-state index contributed by atoms with van der Waals surface area (Å²) in [6.45, 7) is 0. The third-order valence-electron chi connectivity index (χ3n) is 1.86. The molecule has 0 aliphatic heterocycles. The maximum atomic E-state index is 11.9. The molecule has 1 atom stereocenters. The first-order valence-electron chi connectivity index (χ1n) is 4.55. The highest BCUT2D eigenvalue weighted by Crippen LogP contribution is 2.34. The molecule has 0 aromatic carbocycles. The van der Waals surface area contributed by atoms with E-state index in [-0.39, 0.29) is 9.23 Å². The van der Waals surface area contributed by atoms with Crippen molar-refractivity contribution >= 4 is 60.8 Å². The number of thiophene rings is 1. The van der Waals surface area contributed by atoms with Crippen LogP contribution in [-0.4, -0.2) is 36.6 Å². The van der Waals surface area contributed by atoms with Gasteiger partial charge in [-0.2, -0.15) is 4.72 Å². The van der Waals surface area contributed by atoms with Crippen molar-refractivity contribution in [1.82, 2.24) is 4.72 Å². The summed E-state index contributed by atoms with van der Waals surface area (Å²) in [5.41, 5.74) is 0. The molecular formula is C8H7BrClNO6S2. The minimum atomic E-state index is -4.14. The Labute approximate surface area is 125 Å². The quantitative estimate of drug-likeness (QED) is 0.672. The van der Waals surface area contributed by atoms with E-state index < -0.39 is 34.4 Å². The Hall–Kier alpha value is -0.680. The number of carboxylic acids is 2. The monoisotopic (exact) mass is 391 g/mol. The van der Waals surface area contributed by atoms with Crippen LogP contribution in [0, 0.1) is 0 Å². The van der Waals surface area contributed by atoms with Crippen molar-refractivity contribution in [2.75, 3.05) is 0 Å². The van der Waals surface area contributed by atoms with Crippen LogP contribution in [0.5, 0.6) is 0 Å². The highest BCUT2D eigenvalue weighted by Gasteiger charge is 2.29. The molecule has 3 N–H and O–H groups in total. The second kappa shape index (κ2) is 6.18. The summed E-state index contributed by atoms with van der Waals surface area (Å²) in [4.78, 5) is 21.3. The Kier molecular flexibility index (Phi) is 5.33. The standard InChI is InChI=1S/C8H7BrClNO6S2/c9-7-3(10)1-6(18-7)19(16,17)11-4(8(14)15)2-5(12)13/h1,4,11H,2H2,(H,12,13)(H,14,15). The zero-order valence-electron chi connectivity index (χ0n) is 8.96. The van der Waals surface area contributed by atoms with Crippen molar-refractivity contribution < 1.29 is 28.2 Å². The zero-order chi connectivity index (χ0) is 14.8. The van der Waals surface area contributed by atoms with Crippen molar-refractivity contribution in [1.29, 1.82) is 0 Å². The molecule has 1 heterocycles. The second-order valence-electron chi connectivity index (χ2n) is 3.30. The minimum Gasteiger partial charge on any atom is -0.481 e. The summed E-state index contributed by atoms with van der Waals surface area (Å²) in [5.74, 6) is -3.01. The van der Waals surface area contributed by atoms with E-state index in [9.17, 15) is 18.0 Å². The molecule has 0 amide bonds. The number of hydrogen-bond acceptors (Lipinski definition) is 5. The fraction of sp³-hybridized carbons (Fsp3) is 0.250. The van der Waals surface area contributed by atoms with Gasteiger partial charge in [0.15, 0.2) is 0 Å². The molecule has 0 aliphatic carbocycles. The van der Waals surface area contributed by atoms with Gasteiger partial charge in [-0.15, -0.1) is 11.3 Å². The smallest absolute Gasteiger partial charge is 0.322 e. The first-order chi connectivity index (χ1) is 8.63. The summed E-state index contributed by atoms with van der Waals surface area (Å²) < 4.78 is 25.7. The summed E-state index contributed by atoms with van der Waals surface area (Å²) >= 11 is 9.50. The van der Waals surface area contributed by atoms with Crippen molar-refractivity contribution in [2.45, 2.75) is 16.7 Å². The molecule has 0 fully saturated rings. The van der Waals surface area contributed by atoms with E-state index in [2.05, 4.69) is 15.9 Å². The molecule has 1 unspecified atom stereocenters. The molecule has 11 heteroatoms. The molecule has 7 nitrogen and oxygen atoms in total. The van der Waals surface area contributed by atoms with Gasteiger partial charge in [-0.3, -0.25) is 9.59 Å². The van der Waals surface area contributed by atoms with E-state index in [1.54, 1.807) is 4.72 Å². The summed E-state index contributed by atoms with van der Waals surface area (Å²) in [5, 5.41) is 17.5. The fourth-order valence-corrected chi connectivity index (χ4v) is 4.66. The van der Waals surface area contributed by atoms with Crippen LogP contribution in [0.3, 0.4) is 0 Å². The lowest BCUT2D eigenvalue weighted by Crippen LogP contribution is -2.41. The lowest BCUT2D eigenvalue weighted by molar-refractivity contribution is -0.145. The van der Waals surface area contributed by atoms with Crippen LogP contribution in [-0.2, 0) is 19.6 Å². The maximum Gasteiger partial charge on any atom is 0.322 e. The lowest BCUT2D eigenvalue weighted by Gasteiger charge is -2.11. The van der Waals surface area contributed by atoms with Crippen molar-refractivity contribution in [2.24, 2.45) is 0 Å². The average Bonchev–Trinajstić information content (AvgIpc) is 2.58. The van der Waals surface area contributed by atoms with Gasteiger partial charge in [-0.05, 0) is 22.0 Å². The number of carbonyl (C=O) groups is 2. The normalized spacial score (nSPS) is 13.2. The highest BCUT2D eigenvalue weighted by atomic mass is 79.9. The molecule has 0 saturated heterocycles. The first kappa shape index (κ1) is 16.4. The Morgan fingerprint density at radius 2 is 2.05 bits per heavy atom. The molecule has 106 valence electrons. The average molecular weight is 393 g/mol. The van der Waals surface area contributed by atoms with Gasteiger partial charge in [0.2, 0.25) is 0 Å². The van der Waals surface area contributed by atoms with Gasteiger partial charge in [-0.1, -0.05) is 11.6 Å². The van der Waals surface area contributed by atoms with E-state index in [0.717, 1.165) is 17.4 Å². The summed E-state index contributed by atoms with van der Waals surface area (Å²) in [7, 11) is -4.14. The molecule has 0 aliphatic rings. The molecule has 0 spiro atoms. The largest absolute Gasteiger partial charge is 0.481 e. The first-order valence-corrected chi connectivity index (χ1v) is 8.02. The van der Waals surface area contributed by atoms with Crippen LogP contribution >= 0.6 is 38.9 Å². The predicted molar refractivity (Wildman–Crippen MR) is 71.0 cm³/mol. The lowest BCUT2D eigenvalue weighted by atomic mass is 10.2. The molecule has 1 rings (SSSR count). The van der Waals surface area contributed by atoms with Gasteiger partial charge in [0, 0.05) is 0 Å². The Morgan fingerprint density at radius 3 is 2.42 bits per heavy atom. The van der Waals surface area contributed by atoms with E-state index in [1.165, 1.54) is 0 Å². The van der Waals surface area contributed by atoms with Crippen LogP contribution in [0.15, 0.2) is 14.1 Å². The number of hydrogen-bond donors (Lipinski definition) is 3. The molecule has 19 heavy (non-hydrogen) atoms. The van der Waals surface area contributed by atoms with Crippen molar-refractivity contribution in [3.8, 4) is 0 Å². The molecule has 0 saturated carbocycles. The van der Waals surface area contributed by atoms with Gasteiger partial charge >= 0.3 is 11.9 Å². The third kappa shape index (κ3) is 4.42. The summed E-state index contributed by atoms with van der Waals surface area (Å²) in [6, 6.07) is -0.611. The summed E-state index contributed by atoms with van der Waals surface area (Å²) in [6.07, 6.45) is -0.866. The van der Waals surface area contributed by atoms with Crippen LogP contribution < -0.4 is 4.72 Å². The van der Waals surface area contributed by atoms with E-state index in [1.807, 2.05) is 0 Å². The molecular weight excluding hydrogens is 386 g/mol. The Balaban J connectivity index is 3.00. The number of aliphatic carboxylic acids is 2. The van der Waals surface area contributed by atoms with Crippen LogP contribution in [0.25, 0.3) is 0 Å². The number of nitrogens with one attached hydrogen (secondary N) is 1. The van der Waals surface area contributed by atoms with Gasteiger partial charge in [-0.25, -0.2) is 8.42 Å². The van der Waals surface area contributed by atoms with E-state index >= 15 is 0 Å². The highest BCUT2D eigenvalue weighted by molar-refractivity contribution is 9.11. The Bertz CT molecular complexity index is 593. The number of rotatable bonds is 6. The second-order valence-corrected chi connectivity index (χ2v) is 8.02. The van der Waals surface area contributed by atoms with E-state index in [0.29, 0.717) is 3.79 Å². The Morgan fingerprint density at radius 1 is 1.47 bits per heavy atom. The van der Waals surface area contributed by atoms with Gasteiger partial charge in [0.1, 0.15) is 10.3 Å². The third-order valence-corrected chi connectivity index (χ3v) is 6.28. The number of sulfonamides is 1. The number of carboxylic acid groups (broad SMARTS) is 2.